The highest BCUT2D eigenvalue weighted by atomic mass is 127. The van der Waals surface area contributed by atoms with Crippen LogP contribution < -0.4 is 10.6 Å². The molecule has 2 N–H and O–H groups in total. The van der Waals surface area contributed by atoms with E-state index in [1.54, 1.807) is 12.1 Å². The number of nitrogens with zero attached hydrogens (tertiary/aromatic N) is 3. The molecule has 1 aromatic carbocycles. The van der Waals surface area contributed by atoms with Crippen LogP contribution in [0.15, 0.2) is 29.3 Å². The van der Waals surface area contributed by atoms with Gasteiger partial charge in [0.1, 0.15) is 5.82 Å². The topological polar surface area (TPSA) is 52.1 Å². The van der Waals surface area contributed by atoms with E-state index in [0.29, 0.717) is 12.6 Å². The molecular formula is C22H37FIN5O. The normalized spacial score (nSPS) is 19.8. The molecule has 30 heavy (non-hydrogen) atoms. The average Bonchev–Trinajstić information content (AvgIpc) is 3.55. The van der Waals surface area contributed by atoms with E-state index >= 15 is 0 Å². The first-order valence-corrected chi connectivity index (χ1v) is 10.8. The first-order chi connectivity index (χ1) is 14.1. The van der Waals surface area contributed by atoms with E-state index in [9.17, 15) is 4.39 Å². The third-order valence-electron chi connectivity index (χ3n) is 5.81. The zero-order valence-electron chi connectivity index (χ0n) is 18.4. The Kier molecular flexibility index (Phi) is 10.8. The minimum absolute atomic E-state index is 0. The Bertz CT molecular complexity index is 645. The highest BCUT2D eigenvalue weighted by Crippen LogP contribution is 2.34. The minimum atomic E-state index is -0.202. The highest BCUT2D eigenvalue weighted by molar-refractivity contribution is 14.0. The van der Waals surface area contributed by atoms with E-state index in [4.69, 9.17) is 9.73 Å². The van der Waals surface area contributed by atoms with E-state index in [-0.39, 0.29) is 35.8 Å². The van der Waals surface area contributed by atoms with Gasteiger partial charge in [-0.15, -0.1) is 24.0 Å². The Morgan fingerprint density at radius 1 is 1.20 bits per heavy atom. The predicted molar refractivity (Wildman–Crippen MR) is 131 cm³/mol. The van der Waals surface area contributed by atoms with Gasteiger partial charge in [-0.1, -0.05) is 12.1 Å². The van der Waals surface area contributed by atoms with Crippen molar-refractivity contribution >= 4 is 29.9 Å². The lowest BCUT2D eigenvalue weighted by molar-refractivity contribution is 0.0170. The summed E-state index contributed by atoms with van der Waals surface area (Å²) in [6.07, 6.45) is 2.62. The monoisotopic (exact) mass is 533 g/mol. The number of benzene rings is 1. The summed E-state index contributed by atoms with van der Waals surface area (Å²) in [5.74, 6) is 1.42. The molecule has 1 aromatic rings. The van der Waals surface area contributed by atoms with Crippen LogP contribution in [-0.4, -0.2) is 81.8 Å². The van der Waals surface area contributed by atoms with Crippen LogP contribution in [0.25, 0.3) is 0 Å². The van der Waals surface area contributed by atoms with E-state index in [1.807, 2.05) is 12.1 Å². The number of rotatable bonds is 9. The largest absolute Gasteiger partial charge is 0.379 e. The number of aliphatic imine (C=N–C) groups is 1. The van der Waals surface area contributed by atoms with Crippen molar-refractivity contribution in [2.75, 3.05) is 60.0 Å². The smallest absolute Gasteiger partial charge is 0.191 e. The van der Waals surface area contributed by atoms with Crippen LogP contribution in [-0.2, 0) is 4.74 Å². The van der Waals surface area contributed by atoms with Gasteiger partial charge in [0.05, 0.1) is 25.8 Å². The number of halogens is 2. The molecule has 1 heterocycles. The van der Waals surface area contributed by atoms with Crippen LogP contribution in [0.5, 0.6) is 0 Å². The first-order valence-electron chi connectivity index (χ1n) is 10.8. The molecule has 170 valence electrons. The van der Waals surface area contributed by atoms with Gasteiger partial charge in [0.25, 0.3) is 0 Å². The lowest BCUT2D eigenvalue weighted by Crippen LogP contribution is -2.46. The summed E-state index contributed by atoms with van der Waals surface area (Å²) in [4.78, 5) is 9.57. The van der Waals surface area contributed by atoms with Gasteiger partial charge in [-0.3, -0.25) is 9.89 Å². The van der Waals surface area contributed by atoms with Crippen molar-refractivity contribution in [1.29, 1.82) is 0 Å². The summed E-state index contributed by atoms with van der Waals surface area (Å²) in [5, 5.41) is 6.90. The molecule has 0 amide bonds. The summed E-state index contributed by atoms with van der Waals surface area (Å²) in [6.45, 7) is 7.64. The van der Waals surface area contributed by atoms with Gasteiger partial charge in [-0.05, 0) is 57.5 Å². The number of ether oxygens (including phenoxy) is 1. The summed E-state index contributed by atoms with van der Waals surface area (Å²) in [6, 6.07) is 7.50. The molecule has 2 unspecified atom stereocenters. The number of guanidine groups is 1. The molecule has 1 saturated carbocycles. The molecule has 0 spiro atoms. The summed E-state index contributed by atoms with van der Waals surface area (Å²) in [5.41, 5.74) is 1.11. The fourth-order valence-electron chi connectivity index (χ4n) is 3.97. The van der Waals surface area contributed by atoms with Crippen LogP contribution in [0.1, 0.15) is 31.4 Å². The molecule has 8 heteroatoms. The Hall–Kier alpha value is -0.970. The molecule has 3 rings (SSSR count). The number of likely N-dealkylation sites (N-methyl/N-ethyl adjacent to an activating group) is 1. The zero-order valence-corrected chi connectivity index (χ0v) is 20.8. The van der Waals surface area contributed by atoms with Gasteiger partial charge in [0, 0.05) is 32.2 Å². The maximum absolute atomic E-state index is 13.4. The molecule has 1 aliphatic carbocycles. The molecule has 6 nitrogen and oxygen atoms in total. The minimum Gasteiger partial charge on any atom is -0.379 e. The van der Waals surface area contributed by atoms with Crippen molar-refractivity contribution in [1.82, 2.24) is 20.4 Å². The fraction of sp³-hybridized carbons (Fsp3) is 0.682. The van der Waals surface area contributed by atoms with E-state index in [1.165, 1.54) is 12.8 Å². The number of hydrogen-bond donors (Lipinski definition) is 2. The van der Waals surface area contributed by atoms with Gasteiger partial charge < -0.3 is 20.3 Å². The number of hydrogen-bond acceptors (Lipinski definition) is 4. The van der Waals surface area contributed by atoms with Crippen molar-refractivity contribution in [3.05, 3.63) is 35.6 Å². The molecule has 2 aliphatic rings. The van der Waals surface area contributed by atoms with Crippen molar-refractivity contribution in [3.63, 3.8) is 0 Å². The van der Waals surface area contributed by atoms with Crippen molar-refractivity contribution < 1.29 is 9.13 Å². The second kappa shape index (κ2) is 12.8. The summed E-state index contributed by atoms with van der Waals surface area (Å²) in [7, 11) is 4.28. The molecular weight excluding hydrogens is 496 g/mol. The SMILES string of the molecule is CCNC(=NCC(C1CC1)N(C)C)NCC(c1ccc(F)cc1)N1CCOCC1.I. The highest BCUT2D eigenvalue weighted by Gasteiger charge is 2.32. The molecule has 2 fully saturated rings. The summed E-state index contributed by atoms with van der Waals surface area (Å²) < 4.78 is 19.0. The van der Waals surface area contributed by atoms with Crippen LogP contribution in [0.2, 0.25) is 0 Å². The maximum Gasteiger partial charge on any atom is 0.191 e. The molecule has 0 aromatic heterocycles. The standard InChI is InChI=1S/C22H36FN5O.HI/c1-4-24-22(25-15-20(27(2)3)17-5-6-17)26-16-21(28-11-13-29-14-12-28)18-7-9-19(23)10-8-18;/h7-10,17,20-21H,4-6,11-16H2,1-3H3,(H2,24,25,26);1H. The van der Waals surface area contributed by atoms with Gasteiger partial charge >= 0.3 is 0 Å². The van der Waals surface area contributed by atoms with Crippen molar-refractivity contribution in [2.24, 2.45) is 10.9 Å². The lowest BCUT2D eigenvalue weighted by atomic mass is 10.0. The van der Waals surface area contributed by atoms with Gasteiger partial charge in [0.15, 0.2) is 5.96 Å². The predicted octanol–water partition coefficient (Wildman–Crippen LogP) is 2.71. The second-order valence-corrected chi connectivity index (χ2v) is 8.18. The van der Waals surface area contributed by atoms with Crippen molar-refractivity contribution in [2.45, 2.75) is 31.8 Å². The maximum atomic E-state index is 13.4. The Labute approximate surface area is 197 Å². The third kappa shape index (κ3) is 7.62. The van der Waals surface area contributed by atoms with Crippen LogP contribution in [0.4, 0.5) is 4.39 Å². The fourth-order valence-corrected chi connectivity index (χ4v) is 3.97. The first kappa shape index (κ1) is 25.3. The van der Waals surface area contributed by atoms with Crippen LogP contribution in [0, 0.1) is 11.7 Å². The number of morpholine rings is 1. The van der Waals surface area contributed by atoms with E-state index < -0.39 is 0 Å². The van der Waals surface area contributed by atoms with E-state index in [2.05, 4.69) is 41.5 Å². The molecule has 0 bridgehead atoms. The van der Waals surface area contributed by atoms with Crippen molar-refractivity contribution in [3.8, 4) is 0 Å². The van der Waals surface area contributed by atoms with Gasteiger partial charge in [0.2, 0.25) is 0 Å². The zero-order chi connectivity index (χ0) is 20.6. The van der Waals surface area contributed by atoms with Gasteiger partial charge in [-0.25, -0.2) is 4.39 Å². The third-order valence-corrected chi connectivity index (χ3v) is 5.81. The Morgan fingerprint density at radius 3 is 2.43 bits per heavy atom. The molecule has 2 atom stereocenters. The van der Waals surface area contributed by atoms with E-state index in [0.717, 1.165) is 56.8 Å². The van der Waals surface area contributed by atoms with Crippen LogP contribution >= 0.6 is 24.0 Å². The second-order valence-electron chi connectivity index (χ2n) is 8.18. The quantitative estimate of drug-likeness (QED) is 0.291. The Morgan fingerprint density at radius 2 is 1.87 bits per heavy atom. The van der Waals surface area contributed by atoms with Gasteiger partial charge in [-0.2, -0.15) is 0 Å². The van der Waals surface area contributed by atoms with Crippen LogP contribution in [0.3, 0.4) is 0 Å². The molecule has 1 aliphatic heterocycles. The Balaban J connectivity index is 0.00000320. The lowest BCUT2D eigenvalue weighted by Gasteiger charge is -2.35. The summed E-state index contributed by atoms with van der Waals surface area (Å²) >= 11 is 0. The average molecular weight is 533 g/mol. The molecule has 1 saturated heterocycles. The molecule has 0 radical (unpaired) electrons. The number of nitrogens with one attached hydrogen (secondary N) is 2.